The van der Waals surface area contributed by atoms with Crippen LogP contribution in [0.4, 0.5) is 0 Å². The molecular formula is C12H13ClN2S. The normalized spacial score (nSPS) is 10.6. The summed E-state index contributed by atoms with van der Waals surface area (Å²) in [6.45, 7) is 2.17. The molecule has 2 rings (SSSR count). The van der Waals surface area contributed by atoms with Crippen molar-refractivity contribution < 1.29 is 0 Å². The molecule has 2 aromatic heterocycles. The van der Waals surface area contributed by atoms with Crippen molar-refractivity contribution in [1.29, 1.82) is 0 Å². The van der Waals surface area contributed by atoms with Crippen molar-refractivity contribution in [2.75, 3.05) is 0 Å². The smallest absolute Gasteiger partial charge is 0.223 e. The molecule has 0 spiro atoms. The zero-order valence-electron chi connectivity index (χ0n) is 9.11. The van der Waals surface area contributed by atoms with Gasteiger partial charge in [0.05, 0.1) is 10.6 Å². The molecule has 0 aliphatic carbocycles. The zero-order valence-corrected chi connectivity index (χ0v) is 10.7. The summed E-state index contributed by atoms with van der Waals surface area (Å²) in [7, 11) is 0. The van der Waals surface area contributed by atoms with Crippen LogP contribution in [0.5, 0.6) is 0 Å². The van der Waals surface area contributed by atoms with E-state index >= 15 is 0 Å². The maximum atomic E-state index is 5.93. The molecule has 0 aliphatic rings. The Morgan fingerprint density at radius 3 is 2.94 bits per heavy atom. The Kier molecular flexibility index (Phi) is 3.91. The van der Waals surface area contributed by atoms with E-state index in [2.05, 4.69) is 16.9 Å². The molecule has 0 aliphatic heterocycles. The van der Waals surface area contributed by atoms with Crippen molar-refractivity contribution in [2.45, 2.75) is 26.2 Å². The molecule has 0 aromatic carbocycles. The highest BCUT2D eigenvalue weighted by atomic mass is 35.5. The van der Waals surface area contributed by atoms with Gasteiger partial charge in [-0.2, -0.15) is 0 Å². The minimum atomic E-state index is 0.344. The Balaban J connectivity index is 2.29. The van der Waals surface area contributed by atoms with Gasteiger partial charge in [-0.25, -0.2) is 9.97 Å². The molecule has 0 fully saturated rings. The topological polar surface area (TPSA) is 25.8 Å². The standard InChI is InChI=1S/C12H13ClN2S/c1-2-3-5-9-8-10(15-12(13)14-9)11-6-4-7-16-11/h4,6-8H,2-3,5H2,1H3. The summed E-state index contributed by atoms with van der Waals surface area (Å²) in [6.07, 6.45) is 3.27. The Bertz CT molecular complexity index is 454. The number of rotatable bonds is 4. The third-order valence-corrected chi connectivity index (χ3v) is 3.37. The van der Waals surface area contributed by atoms with Crippen LogP contribution in [-0.2, 0) is 6.42 Å². The third kappa shape index (κ3) is 2.80. The van der Waals surface area contributed by atoms with Crippen LogP contribution in [0.3, 0.4) is 0 Å². The summed E-state index contributed by atoms with van der Waals surface area (Å²) in [5.74, 6) is 0. The van der Waals surface area contributed by atoms with Crippen molar-refractivity contribution in [3.63, 3.8) is 0 Å². The predicted octanol–water partition coefficient (Wildman–Crippen LogP) is 4.20. The van der Waals surface area contributed by atoms with Crippen molar-refractivity contribution >= 4 is 22.9 Å². The lowest BCUT2D eigenvalue weighted by Crippen LogP contribution is -1.94. The molecule has 4 heteroatoms. The van der Waals surface area contributed by atoms with Gasteiger partial charge in [0.25, 0.3) is 0 Å². The maximum absolute atomic E-state index is 5.93. The molecule has 0 amide bonds. The van der Waals surface area contributed by atoms with E-state index in [0.717, 1.165) is 35.5 Å². The van der Waals surface area contributed by atoms with Crippen molar-refractivity contribution in [3.8, 4) is 10.6 Å². The van der Waals surface area contributed by atoms with Crippen molar-refractivity contribution in [2.24, 2.45) is 0 Å². The maximum Gasteiger partial charge on any atom is 0.223 e. The number of hydrogen-bond acceptors (Lipinski definition) is 3. The molecule has 0 bridgehead atoms. The minimum absolute atomic E-state index is 0.344. The summed E-state index contributed by atoms with van der Waals surface area (Å²) in [6, 6.07) is 6.10. The number of nitrogens with zero attached hydrogens (tertiary/aromatic N) is 2. The summed E-state index contributed by atoms with van der Waals surface area (Å²) in [4.78, 5) is 9.63. The first-order valence-electron chi connectivity index (χ1n) is 5.37. The highest BCUT2D eigenvalue weighted by Gasteiger charge is 2.05. The fourth-order valence-electron chi connectivity index (χ4n) is 1.50. The Morgan fingerprint density at radius 1 is 1.38 bits per heavy atom. The summed E-state index contributed by atoms with van der Waals surface area (Å²) in [5.41, 5.74) is 1.96. The van der Waals surface area contributed by atoms with Gasteiger partial charge in [-0.3, -0.25) is 0 Å². The fraction of sp³-hybridized carbons (Fsp3) is 0.333. The van der Waals surface area contributed by atoms with Gasteiger partial charge in [0, 0.05) is 5.69 Å². The van der Waals surface area contributed by atoms with Gasteiger partial charge in [-0.05, 0) is 42.0 Å². The molecule has 84 valence electrons. The number of hydrogen-bond donors (Lipinski definition) is 0. The second-order valence-corrected chi connectivity index (χ2v) is 4.88. The molecule has 0 radical (unpaired) electrons. The Labute approximate surface area is 104 Å². The van der Waals surface area contributed by atoms with Crippen LogP contribution >= 0.6 is 22.9 Å². The van der Waals surface area contributed by atoms with Crippen LogP contribution in [-0.4, -0.2) is 9.97 Å². The number of aromatic nitrogens is 2. The molecule has 0 N–H and O–H groups in total. The van der Waals surface area contributed by atoms with E-state index < -0.39 is 0 Å². The van der Waals surface area contributed by atoms with Gasteiger partial charge in [-0.15, -0.1) is 11.3 Å². The number of thiophene rings is 1. The average Bonchev–Trinajstić information content (AvgIpc) is 2.79. The van der Waals surface area contributed by atoms with Crippen LogP contribution in [0, 0.1) is 0 Å². The molecule has 0 saturated carbocycles. The lowest BCUT2D eigenvalue weighted by molar-refractivity contribution is 0.774. The lowest BCUT2D eigenvalue weighted by atomic mass is 10.2. The molecule has 0 atom stereocenters. The number of halogens is 1. The first-order chi connectivity index (χ1) is 7.79. The van der Waals surface area contributed by atoms with Crippen molar-refractivity contribution in [1.82, 2.24) is 9.97 Å². The summed E-state index contributed by atoms with van der Waals surface area (Å²) in [5, 5.41) is 2.38. The van der Waals surface area contributed by atoms with E-state index in [9.17, 15) is 0 Å². The number of unbranched alkanes of at least 4 members (excludes halogenated alkanes) is 1. The van der Waals surface area contributed by atoms with Crippen LogP contribution in [0.1, 0.15) is 25.5 Å². The van der Waals surface area contributed by atoms with Crippen LogP contribution < -0.4 is 0 Å². The van der Waals surface area contributed by atoms with E-state index in [-0.39, 0.29) is 0 Å². The second kappa shape index (κ2) is 5.41. The van der Waals surface area contributed by atoms with Gasteiger partial charge >= 0.3 is 0 Å². The molecule has 2 heterocycles. The molecule has 2 aromatic rings. The summed E-state index contributed by atoms with van der Waals surface area (Å²) >= 11 is 7.60. The predicted molar refractivity (Wildman–Crippen MR) is 69.0 cm³/mol. The average molecular weight is 253 g/mol. The van der Waals surface area contributed by atoms with Crippen LogP contribution in [0.2, 0.25) is 5.28 Å². The molecule has 2 nitrogen and oxygen atoms in total. The minimum Gasteiger partial charge on any atom is -0.223 e. The van der Waals surface area contributed by atoms with E-state index in [4.69, 9.17) is 11.6 Å². The molecule has 0 saturated heterocycles. The van der Waals surface area contributed by atoms with Crippen molar-refractivity contribution in [3.05, 3.63) is 34.6 Å². The Hall–Kier alpha value is -0.930. The Morgan fingerprint density at radius 2 is 2.25 bits per heavy atom. The highest BCUT2D eigenvalue weighted by molar-refractivity contribution is 7.13. The molecule has 16 heavy (non-hydrogen) atoms. The SMILES string of the molecule is CCCCc1cc(-c2cccs2)nc(Cl)n1. The van der Waals surface area contributed by atoms with Crippen LogP contribution in [0.15, 0.2) is 23.6 Å². The first kappa shape index (κ1) is 11.6. The van der Waals surface area contributed by atoms with E-state index in [1.54, 1.807) is 11.3 Å². The van der Waals surface area contributed by atoms with Gasteiger partial charge in [0.2, 0.25) is 5.28 Å². The van der Waals surface area contributed by atoms with Gasteiger partial charge in [0.1, 0.15) is 0 Å². The third-order valence-electron chi connectivity index (χ3n) is 2.31. The van der Waals surface area contributed by atoms with E-state index in [1.165, 1.54) is 0 Å². The molecule has 0 unspecified atom stereocenters. The number of aryl methyl sites for hydroxylation is 1. The van der Waals surface area contributed by atoms with Gasteiger partial charge < -0.3 is 0 Å². The van der Waals surface area contributed by atoms with Gasteiger partial charge in [-0.1, -0.05) is 19.4 Å². The van der Waals surface area contributed by atoms with E-state index in [1.807, 2.05) is 23.6 Å². The molecular weight excluding hydrogens is 240 g/mol. The van der Waals surface area contributed by atoms with Crippen LogP contribution in [0.25, 0.3) is 10.6 Å². The summed E-state index contributed by atoms with van der Waals surface area (Å²) < 4.78 is 0. The second-order valence-electron chi connectivity index (χ2n) is 3.59. The van der Waals surface area contributed by atoms with Gasteiger partial charge in [0.15, 0.2) is 0 Å². The first-order valence-corrected chi connectivity index (χ1v) is 6.62. The largest absolute Gasteiger partial charge is 0.223 e. The quantitative estimate of drug-likeness (QED) is 0.762. The zero-order chi connectivity index (χ0) is 11.4. The fourth-order valence-corrected chi connectivity index (χ4v) is 2.39. The highest BCUT2D eigenvalue weighted by Crippen LogP contribution is 2.24. The van der Waals surface area contributed by atoms with E-state index in [0.29, 0.717) is 5.28 Å². The monoisotopic (exact) mass is 252 g/mol. The lowest BCUT2D eigenvalue weighted by Gasteiger charge is -2.03.